The third-order valence-corrected chi connectivity index (χ3v) is 2.61. The lowest BCUT2D eigenvalue weighted by molar-refractivity contribution is 0.263. The Bertz CT molecular complexity index is 514. The molecule has 0 aliphatic rings. The summed E-state index contributed by atoms with van der Waals surface area (Å²) in [4.78, 5) is 4.04. The zero-order valence-corrected chi connectivity index (χ0v) is 10.9. The smallest absolute Gasteiger partial charge is 0.161 e. The first-order valence-corrected chi connectivity index (χ1v) is 6.21. The maximum atomic E-state index is 9.12. The number of hydrogen-bond acceptors (Lipinski definition) is 4. The van der Waals surface area contributed by atoms with Crippen molar-refractivity contribution in [3.05, 3.63) is 53.9 Å². The molecule has 2 rings (SSSR count). The normalized spacial score (nSPS) is 10.2. The van der Waals surface area contributed by atoms with E-state index in [4.69, 9.17) is 14.6 Å². The fourth-order valence-electron chi connectivity index (χ4n) is 1.68. The summed E-state index contributed by atoms with van der Waals surface area (Å²) >= 11 is 0. The summed E-state index contributed by atoms with van der Waals surface area (Å²) in [5.74, 6) is 1.32. The fraction of sp³-hybridized carbons (Fsp3) is 0.267. The average Bonchev–Trinajstić information content (AvgIpc) is 2.47. The Hall–Kier alpha value is -2.07. The summed E-state index contributed by atoms with van der Waals surface area (Å²) in [7, 11) is 0. The largest absolute Gasteiger partial charge is 0.490 e. The summed E-state index contributed by atoms with van der Waals surface area (Å²) in [5, 5.41) is 9.12. The van der Waals surface area contributed by atoms with E-state index >= 15 is 0 Å². The van der Waals surface area contributed by atoms with Crippen LogP contribution in [0, 0.1) is 0 Å². The molecule has 0 fully saturated rings. The molecule has 1 heterocycles. The van der Waals surface area contributed by atoms with Gasteiger partial charge in [-0.1, -0.05) is 12.1 Å². The summed E-state index contributed by atoms with van der Waals surface area (Å²) in [6, 6.07) is 9.25. The maximum Gasteiger partial charge on any atom is 0.161 e. The molecule has 0 saturated carbocycles. The van der Waals surface area contributed by atoms with E-state index < -0.39 is 0 Å². The first kappa shape index (κ1) is 13.4. The zero-order chi connectivity index (χ0) is 13.5. The minimum atomic E-state index is -0.0110. The first-order chi connectivity index (χ1) is 9.33. The number of aliphatic hydroxyl groups is 1. The Morgan fingerprint density at radius 2 is 2.00 bits per heavy atom. The van der Waals surface area contributed by atoms with Gasteiger partial charge in [-0.3, -0.25) is 4.98 Å². The monoisotopic (exact) mass is 259 g/mol. The van der Waals surface area contributed by atoms with Gasteiger partial charge in [-0.2, -0.15) is 0 Å². The molecule has 1 aromatic heterocycles. The van der Waals surface area contributed by atoms with Gasteiger partial charge < -0.3 is 14.6 Å². The molecular weight excluding hydrogens is 242 g/mol. The van der Waals surface area contributed by atoms with E-state index in [-0.39, 0.29) is 6.61 Å². The van der Waals surface area contributed by atoms with E-state index in [1.54, 1.807) is 18.5 Å². The second-order valence-electron chi connectivity index (χ2n) is 4.02. The molecule has 0 bridgehead atoms. The molecule has 19 heavy (non-hydrogen) atoms. The molecule has 1 aromatic carbocycles. The molecule has 0 aliphatic heterocycles. The predicted octanol–water partition coefficient (Wildman–Crippen LogP) is 2.55. The number of ether oxygens (including phenoxy) is 2. The second-order valence-corrected chi connectivity index (χ2v) is 4.02. The number of aliphatic hydroxyl groups excluding tert-OH is 1. The van der Waals surface area contributed by atoms with E-state index in [0.29, 0.717) is 24.7 Å². The van der Waals surface area contributed by atoms with Gasteiger partial charge in [0.25, 0.3) is 0 Å². The molecule has 0 aliphatic carbocycles. The van der Waals surface area contributed by atoms with Crippen LogP contribution in [0.4, 0.5) is 0 Å². The Kier molecular flexibility index (Phi) is 4.75. The summed E-state index contributed by atoms with van der Waals surface area (Å²) in [6.07, 6.45) is 3.49. The van der Waals surface area contributed by atoms with Crippen molar-refractivity contribution in [1.82, 2.24) is 4.98 Å². The van der Waals surface area contributed by atoms with Gasteiger partial charge in [-0.05, 0) is 30.7 Å². The Morgan fingerprint density at radius 3 is 2.68 bits per heavy atom. The summed E-state index contributed by atoms with van der Waals surface area (Å²) in [5.41, 5.74) is 1.80. The molecule has 4 nitrogen and oxygen atoms in total. The predicted molar refractivity (Wildman–Crippen MR) is 72.1 cm³/mol. The summed E-state index contributed by atoms with van der Waals surface area (Å²) < 4.78 is 11.2. The number of nitrogens with zero attached hydrogens (tertiary/aromatic N) is 1. The van der Waals surface area contributed by atoms with E-state index in [2.05, 4.69) is 4.98 Å². The van der Waals surface area contributed by atoms with Crippen molar-refractivity contribution in [2.75, 3.05) is 6.61 Å². The molecule has 4 heteroatoms. The molecule has 0 atom stereocenters. The number of pyridine rings is 1. The van der Waals surface area contributed by atoms with Gasteiger partial charge in [0, 0.05) is 18.0 Å². The highest BCUT2D eigenvalue weighted by molar-refractivity contribution is 5.43. The third kappa shape index (κ3) is 3.69. The van der Waals surface area contributed by atoms with E-state index in [9.17, 15) is 0 Å². The molecule has 100 valence electrons. The molecule has 2 aromatic rings. The number of aromatic nitrogens is 1. The lowest BCUT2D eigenvalue weighted by atomic mass is 10.2. The first-order valence-electron chi connectivity index (χ1n) is 6.21. The van der Waals surface area contributed by atoms with Crippen LogP contribution in [-0.2, 0) is 13.2 Å². The lowest BCUT2D eigenvalue weighted by Gasteiger charge is -2.12. The van der Waals surface area contributed by atoms with Gasteiger partial charge in [0.15, 0.2) is 11.5 Å². The fourth-order valence-corrected chi connectivity index (χ4v) is 1.68. The minimum absolute atomic E-state index is 0.0110. The molecule has 0 radical (unpaired) electrons. The molecule has 0 amide bonds. The third-order valence-electron chi connectivity index (χ3n) is 2.61. The highest BCUT2D eigenvalue weighted by Crippen LogP contribution is 2.29. The Morgan fingerprint density at radius 1 is 1.11 bits per heavy atom. The van der Waals surface area contributed by atoms with Gasteiger partial charge in [0.2, 0.25) is 0 Å². The minimum Gasteiger partial charge on any atom is -0.490 e. The van der Waals surface area contributed by atoms with Crippen LogP contribution in [0.15, 0.2) is 42.7 Å². The van der Waals surface area contributed by atoms with Gasteiger partial charge in [0.1, 0.15) is 6.61 Å². The molecule has 0 unspecified atom stereocenters. The van der Waals surface area contributed by atoms with Crippen molar-refractivity contribution in [2.24, 2.45) is 0 Å². The second kappa shape index (κ2) is 6.75. The molecule has 0 saturated heterocycles. The van der Waals surface area contributed by atoms with Gasteiger partial charge >= 0.3 is 0 Å². The van der Waals surface area contributed by atoms with E-state index in [1.807, 2.05) is 31.2 Å². The molecule has 1 N–H and O–H groups in total. The van der Waals surface area contributed by atoms with Crippen LogP contribution in [0.3, 0.4) is 0 Å². The van der Waals surface area contributed by atoms with Crippen molar-refractivity contribution in [1.29, 1.82) is 0 Å². The van der Waals surface area contributed by atoms with Crippen molar-refractivity contribution < 1.29 is 14.6 Å². The zero-order valence-electron chi connectivity index (χ0n) is 10.9. The summed E-state index contributed by atoms with van der Waals surface area (Å²) in [6.45, 7) is 2.89. The van der Waals surface area contributed by atoms with Gasteiger partial charge in [0.05, 0.1) is 13.2 Å². The Labute approximate surface area is 112 Å². The van der Waals surface area contributed by atoms with Crippen LogP contribution < -0.4 is 9.47 Å². The average molecular weight is 259 g/mol. The van der Waals surface area contributed by atoms with Crippen molar-refractivity contribution in [3.8, 4) is 11.5 Å². The highest BCUT2D eigenvalue weighted by atomic mass is 16.5. The van der Waals surface area contributed by atoms with Crippen LogP contribution in [0.1, 0.15) is 18.1 Å². The van der Waals surface area contributed by atoms with Crippen LogP contribution >= 0.6 is 0 Å². The van der Waals surface area contributed by atoms with E-state index in [0.717, 1.165) is 11.1 Å². The van der Waals surface area contributed by atoms with Gasteiger partial charge in [-0.15, -0.1) is 0 Å². The standard InChI is InChI=1S/C15H17NO3/c1-2-18-15-8-12(10-17)5-6-14(15)19-11-13-4-3-7-16-9-13/h3-9,17H,2,10-11H2,1H3. The SMILES string of the molecule is CCOc1cc(CO)ccc1OCc1cccnc1. The number of hydrogen-bond donors (Lipinski definition) is 1. The quantitative estimate of drug-likeness (QED) is 0.866. The highest BCUT2D eigenvalue weighted by Gasteiger charge is 2.06. The number of rotatable bonds is 6. The molecular formula is C15H17NO3. The van der Waals surface area contributed by atoms with Crippen molar-refractivity contribution in [3.63, 3.8) is 0 Å². The van der Waals surface area contributed by atoms with Crippen LogP contribution in [0.5, 0.6) is 11.5 Å². The van der Waals surface area contributed by atoms with Gasteiger partial charge in [-0.25, -0.2) is 0 Å². The van der Waals surface area contributed by atoms with Crippen LogP contribution in [-0.4, -0.2) is 16.7 Å². The van der Waals surface area contributed by atoms with Crippen LogP contribution in [0.25, 0.3) is 0 Å². The topological polar surface area (TPSA) is 51.6 Å². The number of benzene rings is 1. The van der Waals surface area contributed by atoms with Crippen LogP contribution in [0.2, 0.25) is 0 Å². The van der Waals surface area contributed by atoms with Crippen molar-refractivity contribution in [2.45, 2.75) is 20.1 Å². The maximum absolute atomic E-state index is 9.12. The van der Waals surface area contributed by atoms with E-state index in [1.165, 1.54) is 0 Å². The van der Waals surface area contributed by atoms with Crippen molar-refractivity contribution >= 4 is 0 Å². The Balaban J connectivity index is 2.10. The molecule has 0 spiro atoms. The lowest BCUT2D eigenvalue weighted by Crippen LogP contribution is -2.00.